The van der Waals surface area contributed by atoms with E-state index >= 15 is 0 Å². The van der Waals surface area contributed by atoms with Gasteiger partial charge in [-0.15, -0.1) is 0 Å². The third-order valence-electron chi connectivity index (χ3n) is 4.35. The summed E-state index contributed by atoms with van der Waals surface area (Å²) in [6, 6.07) is 2.30. The molecule has 5 heteroatoms. The normalized spacial score (nSPS) is 21.9. The molecule has 1 saturated carbocycles. The lowest BCUT2D eigenvalue weighted by atomic mass is 9.96. The zero-order valence-electron chi connectivity index (χ0n) is 11.5. The third kappa shape index (κ3) is 1.77. The van der Waals surface area contributed by atoms with E-state index in [4.69, 9.17) is 4.42 Å². The number of aryl methyl sites for hydroxylation is 1. The molecule has 20 heavy (non-hydrogen) atoms. The topological polar surface area (TPSA) is 51.3 Å². The summed E-state index contributed by atoms with van der Waals surface area (Å²) in [6.07, 6.45) is 8.75. The van der Waals surface area contributed by atoms with Crippen molar-refractivity contribution in [2.24, 2.45) is 13.0 Å². The van der Waals surface area contributed by atoms with Gasteiger partial charge in [0.2, 0.25) is 0 Å². The van der Waals surface area contributed by atoms with Crippen molar-refractivity contribution < 1.29 is 9.21 Å². The van der Waals surface area contributed by atoms with E-state index in [9.17, 15) is 4.79 Å². The standard InChI is InChI=1S/C15H17N3O2/c1-17-8-12(14(16-17)11-5-7-20-9-11)15(19)18-6-4-13(18)10-2-3-10/h5,7-10,13H,2-4,6H2,1H3. The highest BCUT2D eigenvalue weighted by molar-refractivity contribution is 6.00. The average Bonchev–Trinajstić information content (AvgIpc) is 2.92. The van der Waals surface area contributed by atoms with E-state index in [1.54, 1.807) is 17.2 Å². The van der Waals surface area contributed by atoms with Gasteiger partial charge in [-0.2, -0.15) is 5.10 Å². The average molecular weight is 271 g/mol. The van der Waals surface area contributed by atoms with Crippen LogP contribution in [0.3, 0.4) is 0 Å². The fraction of sp³-hybridized carbons (Fsp3) is 0.467. The highest BCUT2D eigenvalue weighted by Crippen LogP contribution is 2.41. The van der Waals surface area contributed by atoms with E-state index < -0.39 is 0 Å². The van der Waals surface area contributed by atoms with Crippen molar-refractivity contribution in [1.82, 2.24) is 14.7 Å². The third-order valence-corrected chi connectivity index (χ3v) is 4.35. The van der Waals surface area contributed by atoms with Gasteiger partial charge in [0.15, 0.2) is 0 Å². The highest BCUT2D eigenvalue weighted by atomic mass is 16.3. The van der Waals surface area contributed by atoms with Crippen molar-refractivity contribution >= 4 is 5.91 Å². The monoisotopic (exact) mass is 271 g/mol. The predicted octanol–water partition coefficient (Wildman–Crippen LogP) is 2.30. The van der Waals surface area contributed by atoms with Crippen LogP contribution in [0.5, 0.6) is 0 Å². The van der Waals surface area contributed by atoms with E-state index in [0.29, 0.717) is 17.3 Å². The summed E-state index contributed by atoms with van der Waals surface area (Å²) in [4.78, 5) is 14.8. The second-order valence-corrected chi connectivity index (χ2v) is 5.77. The molecule has 1 atom stereocenters. The van der Waals surface area contributed by atoms with Gasteiger partial charge in [0.1, 0.15) is 5.69 Å². The maximum Gasteiger partial charge on any atom is 0.257 e. The molecule has 0 N–H and O–H groups in total. The van der Waals surface area contributed by atoms with Crippen LogP contribution >= 0.6 is 0 Å². The summed E-state index contributed by atoms with van der Waals surface area (Å²) in [5.41, 5.74) is 2.25. The molecule has 1 amide bonds. The van der Waals surface area contributed by atoms with Gasteiger partial charge in [-0.25, -0.2) is 0 Å². The van der Waals surface area contributed by atoms with Crippen LogP contribution < -0.4 is 0 Å². The van der Waals surface area contributed by atoms with Crippen molar-refractivity contribution in [3.63, 3.8) is 0 Å². The minimum absolute atomic E-state index is 0.109. The van der Waals surface area contributed by atoms with Gasteiger partial charge >= 0.3 is 0 Å². The molecule has 1 aliphatic carbocycles. The molecule has 2 fully saturated rings. The second-order valence-electron chi connectivity index (χ2n) is 5.77. The molecule has 1 unspecified atom stereocenters. The Morgan fingerprint density at radius 3 is 2.85 bits per heavy atom. The number of hydrogen-bond donors (Lipinski definition) is 0. The Morgan fingerprint density at radius 1 is 1.40 bits per heavy atom. The van der Waals surface area contributed by atoms with E-state index in [1.807, 2.05) is 24.2 Å². The Bertz CT molecular complexity index is 640. The predicted molar refractivity (Wildman–Crippen MR) is 73.1 cm³/mol. The van der Waals surface area contributed by atoms with E-state index in [-0.39, 0.29) is 5.91 Å². The minimum atomic E-state index is 0.109. The molecule has 1 saturated heterocycles. The molecular formula is C15H17N3O2. The summed E-state index contributed by atoms with van der Waals surface area (Å²) < 4.78 is 6.80. The van der Waals surface area contributed by atoms with E-state index in [2.05, 4.69) is 5.10 Å². The number of aromatic nitrogens is 2. The van der Waals surface area contributed by atoms with Gasteiger partial charge in [-0.3, -0.25) is 9.48 Å². The van der Waals surface area contributed by atoms with Crippen LogP contribution in [0.4, 0.5) is 0 Å². The lowest BCUT2D eigenvalue weighted by molar-refractivity contribution is 0.0412. The largest absolute Gasteiger partial charge is 0.472 e. The lowest BCUT2D eigenvalue weighted by Gasteiger charge is -2.41. The van der Waals surface area contributed by atoms with Crippen LogP contribution in [0.15, 0.2) is 29.2 Å². The molecule has 2 aromatic rings. The summed E-state index contributed by atoms with van der Waals surface area (Å²) in [5, 5.41) is 4.41. The number of hydrogen-bond acceptors (Lipinski definition) is 3. The van der Waals surface area contributed by atoms with Crippen LogP contribution in [-0.4, -0.2) is 33.2 Å². The zero-order chi connectivity index (χ0) is 13.7. The van der Waals surface area contributed by atoms with Gasteiger partial charge < -0.3 is 9.32 Å². The molecule has 2 aliphatic rings. The second kappa shape index (κ2) is 4.23. The maximum absolute atomic E-state index is 12.7. The number of furan rings is 1. The first-order valence-electron chi connectivity index (χ1n) is 7.11. The zero-order valence-corrected chi connectivity index (χ0v) is 11.5. The summed E-state index contributed by atoms with van der Waals surface area (Å²) >= 11 is 0. The molecule has 104 valence electrons. The Morgan fingerprint density at radius 2 is 2.25 bits per heavy atom. The van der Waals surface area contributed by atoms with Crippen LogP contribution in [0, 0.1) is 5.92 Å². The summed E-state index contributed by atoms with van der Waals surface area (Å²) in [5.74, 6) is 0.846. The minimum Gasteiger partial charge on any atom is -0.472 e. The first-order chi connectivity index (χ1) is 9.74. The number of rotatable bonds is 3. The molecule has 3 heterocycles. The fourth-order valence-electron chi connectivity index (χ4n) is 3.04. The fourth-order valence-corrected chi connectivity index (χ4v) is 3.04. The van der Waals surface area contributed by atoms with Crippen LogP contribution in [0.2, 0.25) is 0 Å². The molecule has 0 radical (unpaired) electrons. The van der Waals surface area contributed by atoms with Gasteiger partial charge in [0.25, 0.3) is 5.91 Å². The van der Waals surface area contributed by atoms with Gasteiger partial charge in [-0.05, 0) is 31.2 Å². The SMILES string of the molecule is Cn1cc(C(=O)N2CCC2C2CC2)c(-c2ccoc2)n1. The Balaban J connectivity index is 1.66. The van der Waals surface area contributed by atoms with Gasteiger partial charge in [0.05, 0.1) is 18.1 Å². The van der Waals surface area contributed by atoms with Crippen LogP contribution in [0.25, 0.3) is 11.3 Å². The Hall–Kier alpha value is -2.04. The molecule has 4 rings (SSSR count). The smallest absolute Gasteiger partial charge is 0.257 e. The molecule has 0 spiro atoms. The molecule has 2 aromatic heterocycles. The number of carbonyl (C=O) groups excluding carboxylic acids is 1. The molecule has 0 bridgehead atoms. The van der Waals surface area contributed by atoms with E-state index in [1.165, 1.54) is 12.8 Å². The number of nitrogens with zero attached hydrogens (tertiary/aromatic N) is 3. The lowest BCUT2D eigenvalue weighted by Crippen LogP contribution is -2.52. The van der Waals surface area contributed by atoms with E-state index in [0.717, 1.165) is 24.4 Å². The quantitative estimate of drug-likeness (QED) is 0.860. The number of amides is 1. The van der Waals surface area contributed by atoms with Crippen molar-refractivity contribution in [2.45, 2.75) is 25.3 Å². The molecule has 1 aliphatic heterocycles. The van der Waals surface area contributed by atoms with Gasteiger partial charge in [-0.1, -0.05) is 0 Å². The first-order valence-corrected chi connectivity index (χ1v) is 7.11. The maximum atomic E-state index is 12.7. The molecule has 5 nitrogen and oxygen atoms in total. The van der Waals surface area contributed by atoms with Crippen molar-refractivity contribution in [2.75, 3.05) is 6.54 Å². The van der Waals surface area contributed by atoms with Crippen molar-refractivity contribution in [3.05, 3.63) is 30.4 Å². The number of carbonyl (C=O) groups is 1. The number of likely N-dealkylation sites (tertiary alicyclic amines) is 1. The summed E-state index contributed by atoms with van der Waals surface area (Å²) in [7, 11) is 1.84. The van der Waals surface area contributed by atoms with Crippen LogP contribution in [0.1, 0.15) is 29.6 Å². The Labute approximate surface area is 117 Å². The van der Waals surface area contributed by atoms with Crippen LogP contribution in [-0.2, 0) is 7.05 Å². The highest BCUT2D eigenvalue weighted by Gasteiger charge is 2.43. The Kier molecular flexibility index (Phi) is 2.49. The molecular weight excluding hydrogens is 254 g/mol. The first kappa shape index (κ1) is 11.8. The van der Waals surface area contributed by atoms with Gasteiger partial charge in [0, 0.05) is 31.4 Å². The van der Waals surface area contributed by atoms with Crippen molar-refractivity contribution in [3.8, 4) is 11.3 Å². The van der Waals surface area contributed by atoms with Crippen molar-refractivity contribution in [1.29, 1.82) is 0 Å². The summed E-state index contributed by atoms with van der Waals surface area (Å²) in [6.45, 7) is 0.875. The molecule has 0 aromatic carbocycles.